The lowest BCUT2D eigenvalue weighted by Crippen LogP contribution is -2.40. The Bertz CT molecular complexity index is 1200. The summed E-state index contributed by atoms with van der Waals surface area (Å²) in [6.45, 7) is 7.33. The van der Waals surface area contributed by atoms with Crippen molar-refractivity contribution in [3.05, 3.63) is 71.5 Å². The van der Waals surface area contributed by atoms with Gasteiger partial charge in [0.05, 0.1) is 12.3 Å². The highest BCUT2D eigenvalue weighted by Gasteiger charge is 2.29. The van der Waals surface area contributed by atoms with Gasteiger partial charge in [-0.15, -0.1) is 0 Å². The first-order valence-electron chi connectivity index (χ1n) is 10.3. The molecule has 8 heteroatoms. The van der Waals surface area contributed by atoms with Gasteiger partial charge in [0.15, 0.2) is 0 Å². The Hall–Kier alpha value is -2.94. The third kappa shape index (κ3) is 5.45. The summed E-state index contributed by atoms with van der Waals surface area (Å²) in [5.74, 6) is 0.00946. The van der Waals surface area contributed by atoms with Gasteiger partial charge in [-0.2, -0.15) is 8.93 Å². The maximum Gasteiger partial charge on any atom is 0.374 e. The highest BCUT2D eigenvalue weighted by molar-refractivity contribution is 7.89. The predicted molar refractivity (Wildman–Crippen MR) is 127 cm³/mol. The van der Waals surface area contributed by atoms with E-state index in [1.54, 1.807) is 25.3 Å². The number of benzene rings is 2. The number of nitrogens with one attached hydrogen (secondary N) is 2. The molecule has 0 aliphatic heterocycles. The van der Waals surface area contributed by atoms with Crippen molar-refractivity contribution in [2.24, 2.45) is 0 Å². The summed E-state index contributed by atoms with van der Waals surface area (Å²) in [4.78, 5) is 4.49. The van der Waals surface area contributed by atoms with Crippen LogP contribution in [0.15, 0.2) is 59.6 Å². The van der Waals surface area contributed by atoms with Crippen LogP contribution in [0, 0.1) is 6.92 Å². The van der Waals surface area contributed by atoms with Gasteiger partial charge in [0.25, 0.3) is 0 Å². The molecule has 1 unspecified atom stereocenters. The quantitative estimate of drug-likeness (QED) is 0.400. The highest BCUT2D eigenvalue weighted by atomic mass is 32.2. The number of hydrogen-bond donors (Lipinski definition) is 4. The molecular formula is C24H30N3O4S+. The van der Waals surface area contributed by atoms with Crippen LogP contribution in [0.5, 0.6) is 5.75 Å². The predicted octanol–water partition coefficient (Wildman–Crippen LogP) is 4.10. The van der Waals surface area contributed by atoms with Crippen LogP contribution in [0.3, 0.4) is 0 Å². The van der Waals surface area contributed by atoms with Gasteiger partial charge >= 0.3 is 10.0 Å². The third-order valence-electron chi connectivity index (χ3n) is 4.90. The average Bonchev–Trinajstić information content (AvgIpc) is 2.73. The van der Waals surface area contributed by atoms with E-state index in [2.05, 4.69) is 15.0 Å². The summed E-state index contributed by atoms with van der Waals surface area (Å²) in [5.41, 5.74) is 3.43. The van der Waals surface area contributed by atoms with Crippen LogP contribution in [0.25, 0.3) is 11.1 Å². The van der Waals surface area contributed by atoms with Gasteiger partial charge in [-0.1, -0.05) is 30.3 Å². The summed E-state index contributed by atoms with van der Waals surface area (Å²) < 4.78 is 26.5. The molecule has 0 saturated heterocycles. The van der Waals surface area contributed by atoms with E-state index in [4.69, 9.17) is 0 Å². The van der Waals surface area contributed by atoms with Gasteiger partial charge in [-0.3, -0.25) is 4.98 Å². The molecule has 0 aliphatic carbocycles. The van der Waals surface area contributed by atoms with Crippen molar-refractivity contribution in [1.29, 1.82) is 0 Å². The average molecular weight is 457 g/mol. The smallest absolute Gasteiger partial charge is 0.374 e. The molecule has 3 aromatic rings. The van der Waals surface area contributed by atoms with E-state index >= 15 is 0 Å². The zero-order chi connectivity index (χ0) is 23.5. The lowest BCUT2D eigenvalue weighted by Gasteiger charge is -2.18. The molecule has 5 N–H and O–H groups in total. The molecule has 0 radical (unpaired) electrons. The minimum Gasteiger partial charge on any atom is -0.506 e. The van der Waals surface area contributed by atoms with Gasteiger partial charge in [0.1, 0.15) is 10.6 Å². The normalized spacial score (nSPS) is 13.5. The van der Waals surface area contributed by atoms with Gasteiger partial charge in [-0.05, 0) is 57.0 Å². The Kier molecular flexibility index (Phi) is 6.88. The summed E-state index contributed by atoms with van der Waals surface area (Å²) in [7, 11) is -3.44. The number of aromatic nitrogens is 1. The highest BCUT2D eigenvalue weighted by Crippen LogP contribution is 2.29. The van der Waals surface area contributed by atoms with E-state index in [1.165, 1.54) is 0 Å². The van der Waals surface area contributed by atoms with Gasteiger partial charge in [-0.25, -0.2) is 4.21 Å². The maximum absolute atomic E-state index is 13.0. The number of aryl methyl sites for hydroxylation is 1. The fourth-order valence-electron chi connectivity index (χ4n) is 3.39. The number of aliphatic hydroxyl groups excluding tert-OH is 1. The zero-order valence-corrected chi connectivity index (χ0v) is 19.5. The van der Waals surface area contributed by atoms with E-state index in [1.807, 2.05) is 57.2 Å². The molecule has 170 valence electrons. The Morgan fingerprint density at radius 2 is 1.75 bits per heavy atom. The summed E-state index contributed by atoms with van der Waals surface area (Å²) in [6, 6.07) is 14.6. The second kappa shape index (κ2) is 9.28. The maximum atomic E-state index is 13.0. The number of anilines is 1. The van der Waals surface area contributed by atoms with Gasteiger partial charge in [0.2, 0.25) is 0 Å². The Labute approximate surface area is 189 Å². The number of aromatic hydroxyl groups is 1. The van der Waals surface area contributed by atoms with Crippen molar-refractivity contribution < 1.29 is 18.6 Å². The van der Waals surface area contributed by atoms with Crippen LogP contribution in [0.4, 0.5) is 5.69 Å². The van der Waals surface area contributed by atoms with Crippen molar-refractivity contribution in [2.75, 3.05) is 5.32 Å². The molecule has 3 rings (SSSR count). The molecule has 2 aromatic carbocycles. The van der Waals surface area contributed by atoms with E-state index in [9.17, 15) is 18.6 Å². The van der Waals surface area contributed by atoms with E-state index in [0.717, 1.165) is 11.3 Å². The first-order valence-corrected chi connectivity index (χ1v) is 11.8. The molecule has 0 bridgehead atoms. The number of aliphatic hydroxyl groups is 1. The van der Waals surface area contributed by atoms with Crippen LogP contribution in [0.1, 0.15) is 37.6 Å². The minimum atomic E-state index is -3.44. The molecule has 0 fully saturated rings. The molecule has 0 spiro atoms. The second-order valence-corrected chi connectivity index (χ2v) is 10.4. The SMILES string of the molecule is Cc1ncc(CNc2ccc(-c3ccccc3S(=O)(=[OH+])NC(C)(C)C)cc2)c(CO)c1O. The van der Waals surface area contributed by atoms with E-state index in [0.29, 0.717) is 33.8 Å². The summed E-state index contributed by atoms with van der Waals surface area (Å²) >= 11 is 0. The molecule has 0 aliphatic rings. The molecule has 1 aromatic heterocycles. The van der Waals surface area contributed by atoms with Gasteiger partial charge in [0, 0.05) is 35.1 Å². The lowest BCUT2D eigenvalue weighted by molar-refractivity contribution is 0.273. The topological polar surface area (TPSA) is 116 Å². The van der Waals surface area contributed by atoms with Crippen LogP contribution in [0.2, 0.25) is 0 Å². The molecule has 0 amide bonds. The van der Waals surface area contributed by atoms with Crippen LogP contribution in [-0.4, -0.2) is 29.2 Å². The van der Waals surface area contributed by atoms with Crippen LogP contribution < -0.4 is 10.0 Å². The van der Waals surface area contributed by atoms with Crippen molar-refractivity contribution in [2.45, 2.75) is 51.3 Å². The van der Waals surface area contributed by atoms with Crippen molar-refractivity contribution >= 4 is 15.7 Å². The van der Waals surface area contributed by atoms with E-state index in [-0.39, 0.29) is 12.4 Å². The fraction of sp³-hybridized carbons (Fsp3) is 0.292. The number of pyridine rings is 1. The van der Waals surface area contributed by atoms with E-state index < -0.39 is 15.6 Å². The minimum absolute atomic E-state index is 0.00946. The second-order valence-electron chi connectivity index (χ2n) is 8.66. The van der Waals surface area contributed by atoms with Crippen molar-refractivity contribution in [1.82, 2.24) is 9.71 Å². The van der Waals surface area contributed by atoms with Gasteiger partial charge < -0.3 is 15.5 Å². The first kappa shape index (κ1) is 23.7. The number of nitrogens with zero attached hydrogens (tertiary/aromatic N) is 1. The largest absolute Gasteiger partial charge is 0.506 e. The lowest BCUT2D eigenvalue weighted by atomic mass is 10.1. The number of rotatable bonds is 7. The molecule has 1 heterocycles. The first-order chi connectivity index (χ1) is 15.0. The zero-order valence-electron chi connectivity index (χ0n) is 18.7. The molecule has 32 heavy (non-hydrogen) atoms. The number of hydrogen-bond acceptors (Lipinski definition) is 5. The van der Waals surface area contributed by atoms with Crippen molar-refractivity contribution in [3.8, 4) is 16.9 Å². The Balaban J connectivity index is 1.83. The monoisotopic (exact) mass is 456 g/mol. The molecule has 7 nitrogen and oxygen atoms in total. The van der Waals surface area contributed by atoms with Crippen LogP contribution >= 0.6 is 0 Å². The van der Waals surface area contributed by atoms with Crippen LogP contribution in [-0.2, 0) is 23.2 Å². The Morgan fingerprint density at radius 1 is 1.09 bits per heavy atom. The summed E-state index contributed by atoms with van der Waals surface area (Å²) in [6.07, 6.45) is 1.64. The molecular weight excluding hydrogens is 426 g/mol. The standard InChI is InChI=1S/C24H29N3O4S/c1-16-23(29)21(15-28)18(13-25-16)14-26-19-11-9-17(10-12-19)20-7-5-6-8-22(20)32(30,31)27-24(2,3)4/h5-13,26,28-29H,14-15H2,1-4H3,(H,27,30,31)/p+1. The van der Waals surface area contributed by atoms with Crippen molar-refractivity contribution in [3.63, 3.8) is 0 Å². The summed E-state index contributed by atoms with van der Waals surface area (Å²) in [5, 5.41) is 22.9. The fourth-order valence-corrected chi connectivity index (χ4v) is 5.08. The Morgan fingerprint density at radius 3 is 2.38 bits per heavy atom. The third-order valence-corrected chi connectivity index (χ3v) is 6.74. The molecule has 0 saturated carbocycles. The molecule has 1 atom stereocenters.